The molecular weight excluding hydrogens is 283 g/mol. The molecular formula is C11H6F3NOS2. The number of aromatic nitrogens is 1. The van der Waals surface area contributed by atoms with Gasteiger partial charge in [0.2, 0.25) is 0 Å². The fourth-order valence-electron chi connectivity index (χ4n) is 1.29. The molecule has 0 bridgehead atoms. The SMILES string of the molecule is O=Cc1ccc(Sc2nccs2)c(C(F)(F)F)c1. The molecule has 0 fully saturated rings. The first kappa shape index (κ1) is 13.1. The molecule has 7 heteroatoms. The van der Waals surface area contributed by atoms with Gasteiger partial charge < -0.3 is 0 Å². The maximum absolute atomic E-state index is 12.8. The van der Waals surface area contributed by atoms with Crippen LogP contribution in [0.4, 0.5) is 13.2 Å². The number of carbonyl (C=O) groups is 1. The predicted octanol–water partition coefficient (Wildman–Crippen LogP) is 4.13. The van der Waals surface area contributed by atoms with Crippen molar-refractivity contribution in [2.75, 3.05) is 0 Å². The summed E-state index contributed by atoms with van der Waals surface area (Å²) in [5.41, 5.74) is -0.807. The van der Waals surface area contributed by atoms with Crippen LogP contribution >= 0.6 is 23.1 Å². The van der Waals surface area contributed by atoms with Crippen molar-refractivity contribution in [1.29, 1.82) is 0 Å². The summed E-state index contributed by atoms with van der Waals surface area (Å²) in [6, 6.07) is 3.50. The van der Waals surface area contributed by atoms with Crippen molar-refractivity contribution in [3.05, 3.63) is 40.9 Å². The summed E-state index contributed by atoms with van der Waals surface area (Å²) < 4.78 is 39.1. The van der Waals surface area contributed by atoms with E-state index < -0.39 is 11.7 Å². The van der Waals surface area contributed by atoms with Gasteiger partial charge in [-0.1, -0.05) is 17.8 Å². The minimum absolute atomic E-state index is 0.00538. The van der Waals surface area contributed by atoms with Gasteiger partial charge in [-0.05, 0) is 12.1 Å². The van der Waals surface area contributed by atoms with Crippen LogP contribution in [0.25, 0.3) is 0 Å². The number of rotatable bonds is 3. The zero-order chi connectivity index (χ0) is 13.2. The van der Waals surface area contributed by atoms with E-state index in [1.165, 1.54) is 29.7 Å². The molecule has 2 nitrogen and oxygen atoms in total. The maximum atomic E-state index is 12.8. The Hall–Kier alpha value is -1.34. The molecule has 0 spiro atoms. The van der Waals surface area contributed by atoms with Crippen molar-refractivity contribution in [1.82, 2.24) is 4.98 Å². The fraction of sp³-hybridized carbons (Fsp3) is 0.0909. The molecule has 0 N–H and O–H groups in total. The van der Waals surface area contributed by atoms with E-state index in [0.717, 1.165) is 17.8 Å². The van der Waals surface area contributed by atoms with E-state index >= 15 is 0 Å². The lowest BCUT2D eigenvalue weighted by Crippen LogP contribution is -2.07. The number of alkyl halides is 3. The van der Waals surface area contributed by atoms with Crippen LogP contribution in [0.3, 0.4) is 0 Å². The highest BCUT2D eigenvalue weighted by atomic mass is 32.2. The van der Waals surface area contributed by atoms with Crippen LogP contribution in [0, 0.1) is 0 Å². The summed E-state index contributed by atoms with van der Waals surface area (Å²) in [6.45, 7) is 0. The van der Waals surface area contributed by atoms with E-state index in [1.807, 2.05) is 0 Å². The van der Waals surface area contributed by atoms with Gasteiger partial charge in [0.05, 0.1) is 5.56 Å². The van der Waals surface area contributed by atoms with Crippen LogP contribution in [0.15, 0.2) is 39.0 Å². The molecule has 0 unspecified atom stereocenters. The third-order valence-corrected chi connectivity index (χ3v) is 4.01. The molecule has 0 aliphatic heterocycles. The second-order valence-electron chi connectivity index (χ2n) is 3.27. The minimum Gasteiger partial charge on any atom is -0.298 e. The molecule has 0 aliphatic rings. The highest BCUT2D eigenvalue weighted by Gasteiger charge is 2.34. The fourth-order valence-corrected chi connectivity index (χ4v) is 3.00. The molecule has 1 heterocycles. The monoisotopic (exact) mass is 289 g/mol. The van der Waals surface area contributed by atoms with Gasteiger partial charge in [-0.2, -0.15) is 13.2 Å². The average molecular weight is 289 g/mol. The van der Waals surface area contributed by atoms with Gasteiger partial charge in [0.25, 0.3) is 0 Å². The second kappa shape index (κ2) is 5.11. The Kier molecular flexibility index (Phi) is 3.72. The van der Waals surface area contributed by atoms with E-state index in [2.05, 4.69) is 4.98 Å². The number of thiazole rings is 1. The summed E-state index contributed by atoms with van der Waals surface area (Å²) in [4.78, 5) is 14.5. The van der Waals surface area contributed by atoms with E-state index in [-0.39, 0.29) is 10.5 Å². The standard InChI is InChI=1S/C11H6F3NOS2/c12-11(13,14)8-5-7(6-16)1-2-9(8)18-10-15-3-4-17-10/h1-6H. The second-order valence-corrected chi connectivity index (χ2v) is 5.45. The minimum atomic E-state index is -4.49. The smallest absolute Gasteiger partial charge is 0.298 e. The van der Waals surface area contributed by atoms with Gasteiger partial charge in [0, 0.05) is 22.0 Å². The van der Waals surface area contributed by atoms with Crippen molar-refractivity contribution in [2.24, 2.45) is 0 Å². The Morgan fingerprint density at radius 2 is 2.11 bits per heavy atom. The van der Waals surface area contributed by atoms with Gasteiger partial charge in [-0.15, -0.1) is 11.3 Å². The molecule has 2 aromatic rings. The van der Waals surface area contributed by atoms with E-state index in [1.54, 1.807) is 5.38 Å². The molecule has 1 aromatic carbocycles. The number of hydrogen-bond acceptors (Lipinski definition) is 4. The van der Waals surface area contributed by atoms with Gasteiger partial charge >= 0.3 is 6.18 Å². The lowest BCUT2D eigenvalue weighted by atomic mass is 10.1. The number of hydrogen-bond donors (Lipinski definition) is 0. The quantitative estimate of drug-likeness (QED) is 0.796. The first-order chi connectivity index (χ1) is 8.50. The molecule has 0 radical (unpaired) electrons. The zero-order valence-corrected chi connectivity index (χ0v) is 10.4. The van der Waals surface area contributed by atoms with Gasteiger partial charge in [0.1, 0.15) is 6.29 Å². The molecule has 0 amide bonds. The topological polar surface area (TPSA) is 30.0 Å². The summed E-state index contributed by atoms with van der Waals surface area (Å²) in [7, 11) is 0. The maximum Gasteiger partial charge on any atom is 0.417 e. The molecule has 0 saturated heterocycles. The third kappa shape index (κ3) is 2.91. The Labute approximate surface area is 109 Å². The van der Waals surface area contributed by atoms with E-state index in [0.29, 0.717) is 10.6 Å². The van der Waals surface area contributed by atoms with Crippen LogP contribution < -0.4 is 0 Å². The Balaban J connectivity index is 2.43. The van der Waals surface area contributed by atoms with Crippen LogP contribution in [0.1, 0.15) is 15.9 Å². The first-order valence-electron chi connectivity index (χ1n) is 4.74. The summed E-state index contributed by atoms with van der Waals surface area (Å²) in [6.07, 6.45) is -2.56. The summed E-state index contributed by atoms with van der Waals surface area (Å²) in [5.74, 6) is 0. The van der Waals surface area contributed by atoms with Crippen LogP contribution in [0.2, 0.25) is 0 Å². The van der Waals surface area contributed by atoms with Crippen molar-refractivity contribution >= 4 is 29.4 Å². The molecule has 1 aromatic heterocycles. The van der Waals surface area contributed by atoms with Crippen LogP contribution in [-0.4, -0.2) is 11.3 Å². The number of nitrogens with zero attached hydrogens (tertiary/aromatic N) is 1. The molecule has 94 valence electrons. The van der Waals surface area contributed by atoms with Crippen LogP contribution in [0.5, 0.6) is 0 Å². The molecule has 18 heavy (non-hydrogen) atoms. The summed E-state index contributed by atoms with van der Waals surface area (Å²) >= 11 is 2.20. The number of benzene rings is 1. The molecule has 0 aliphatic carbocycles. The number of halogens is 3. The van der Waals surface area contributed by atoms with E-state index in [4.69, 9.17) is 0 Å². The van der Waals surface area contributed by atoms with Crippen molar-refractivity contribution in [2.45, 2.75) is 15.4 Å². The third-order valence-electron chi connectivity index (χ3n) is 2.05. The highest BCUT2D eigenvalue weighted by Crippen LogP contribution is 2.40. The zero-order valence-electron chi connectivity index (χ0n) is 8.77. The Morgan fingerprint density at radius 1 is 1.33 bits per heavy atom. The van der Waals surface area contributed by atoms with Crippen LogP contribution in [-0.2, 0) is 6.18 Å². The van der Waals surface area contributed by atoms with Crippen molar-refractivity contribution < 1.29 is 18.0 Å². The molecule has 0 atom stereocenters. The first-order valence-corrected chi connectivity index (χ1v) is 6.44. The number of aldehydes is 1. The van der Waals surface area contributed by atoms with Gasteiger partial charge in [-0.3, -0.25) is 4.79 Å². The normalized spacial score (nSPS) is 11.5. The largest absolute Gasteiger partial charge is 0.417 e. The Morgan fingerprint density at radius 3 is 2.67 bits per heavy atom. The molecule has 2 rings (SSSR count). The van der Waals surface area contributed by atoms with Gasteiger partial charge in [-0.25, -0.2) is 4.98 Å². The predicted molar refractivity (Wildman–Crippen MR) is 63.1 cm³/mol. The average Bonchev–Trinajstić information content (AvgIpc) is 2.81. The van der Waals surface area contributed by atoms with E-state index in [9.17, 15) is 18.0 Å². The Bertz CT molecular complexity index is 552. The summed E-state index contributed by atoms with van der Waals surface area (Å²) in [5, 5.41) is 1.69. The van der Waals surface area contributed by atoms with Gasteiger partial charge in [0.15, 0.2) is 4.34 Å². The van der Waals surface area contributed by atoms with Crippen molar-refractivity contribution in [3.63, 3.8) is 0 Å². The molecule has 0 saturated carbocycles. The lowest BCUT2D eigenvalue weighted by molar-refractivity contribution is -0.139. The highest BCUT2D eigenvalue weighted by molar-refractivity contribution is 8.01. The number of carbonyl (C=O) groups excluding carboxylic acids is 1. The lowest BCUT2D eigenvalue weighted by Gasteiger charge is -2.11. The van der Waals surface area contributed by atoms with Crippen molar-refractivity contribution in [3.8, 4) is 0 Å².